The van der Waals surface area contributed by atoms with Crippen LogP contribution in [0.15, 0.2) is 29.6 Å². The normalized spacial score (nSPS) is 18.5. The fourth-order valence-corrected chi connectivity index (χ4v) is 3.47. The summed E-state index contributed by atoms with van der Waals surface area (Å²) in [6.07, 6.45) is 0.727. The van der Waals surface area contributed by atoms with E-state index in [1.165, 1.54) is 0 Å². The Balaban J connectivity index is 1.65. The average Bonchev–Trinajstić information content (AvgIpc) is 3.17. The van der Waals surface area contributed by atoms with Gasteiger partial charge in [0.2, 0.25) is 0 Å². The first-order chi connectivity index (χ1) is 10.7. The van der Waals surface area contributed by atoms with E-state index >= 15 is 0 Å². The van der Waals surface area contributed by atoms with E-state index in [4.69, 9.17) is 9.84 Å². The summed E-state index contributed by atoms with van der Waals surface area (Å²) in [6, 6.07) is 7.85. The number of rotatable bonds is 5. The second-order valence-corrected chi connectivity index (χ2v) is 6.29. The first-order valence-corrected chi connectivity index (χ1v) is 8.07. The predicted molar refractivity (Wildman–Crippen MR) is 85.1 cm³/mol. The number of thiazole rings is 1. The number of nitrogens with zero attached hydrogens (tertiary/aromatic N) is 2. The summed E-state index contributed by atoms with van der Waals surface area (Å²) in [5, 5.41) is 12.1. The fourth-order valence-electron chi connectivity index (χ4n) is 2.65. The molecule has 1 saturated heterocycles. The highest BCUT2D eigenvalue weighted by Gasteiger charge is 2.28. The molecule has 1 aromatic heterocycles. The van der Waals surface area contributed by atoms with Crippen LogP contribution in [-0.4, -0.2) is 41.2 Å². The highest BCUT2D eigenvalue weighted by molar-refractivity contribution is 7.13. The zero-order chi connectivity index (χ0) is 15.5. The molecule has 0 radical (unpaired) electrons. The number of carboxylic acid groups (broad SMARTS) is 1. The van der Waals surface area contributed by atoms with Crippen molar-refractivity contribution in [1.82, 2.24) is 9.88 Å². The second-order valence-electron chi connectivity index (χ2n) is 5.43. The molecular formula is C16H18N2O3S. The molecule has 1 aliphatic rings. The summed E-state index contributed by atoms with van der Waals surface area (Å²) in [4.78, 5) is 17.8. The third kappa shape index (κ3) is 3.28. The third-order valence-corrected chi connectivity index (χ3v) is 4.84. The lowest BCUT2D eigenvalue weighted by Crippen LogP contribution is -2.22. The molecule has 1 atom stereocenters. The number of aromatic nitrogens is 1. The molecule has 1 unspecified atom stereocenters. The highest BCUT2D eigenvalue weighted by Crippen LogP contribution is 2.27. The minimum Gasteiger partial charge on any atom is -0.497 e. The van der Waals surface area contributed by atoms with E-state index in [1.54, 1.807) is 18.4 Å². The van der Waals surface area contributed by atoms with Gasteiger partial charge >= 0.3 is 5.97 Å². The zero-order valence-corrected chi connectivity index (χ0v) is 13.2. The Kier molecular flexibility index (Phi) is 4.40. The monoisotopic (exact) mass is 318 g/mol. The van der Waals surface area contributed by atoms with Gasteiger partial charge in [0, 0.05) is 24.0 Å². The molecule has 0 saturated carbocycles. The van der Waals surface area contributed by atoms with Gasteiger partial charge in [-0.3, -0.25) is 9.69 Å². The van der Waals surface area contributed by atoms with Crippen molar-refractivity contribution in [2.45, 2.75) is 13.0 Å². The Morgan fingerprint density at radius 1 is 1.45 bits per heavy atom. The summed E-state index contributed by atoms with van der Waals surface area (Å²) in [5.41, 5.74) is 2.07. The van der Waals surface area contributed by atoms with Gasteiger partial charge in [-0.1, -0.05) is 0 Å². The van der Waals surface area contributed by atoms with Crippen LogP contribution in [0.2, 0.25) is 0 Å². The number of carboxylic acids is 1. The van der Waals surface area contributed by atoms with Crippen LogP contribution in [0.5, 0.6) is 5.75 Å². The quantitative estimate of drug-likeness (QED) is 0.918. The maximum Gasteiger partial charge on any atom is 0.307 e. The molecular weight excluding hydrogens is 300 g/mol. The van der Waals surface area contributed by atoms with Gasteiger partial charge in [-0.05, 0) is 37.2 Å². The lowest BCUT2D eigenvalue weighted by atomic mass is 10.1. The van der Waals surface area contributed by atoms with E-state index in [0.29, 0.717) is 6.54 Å². The molecule has 22 heavy (non-hydrogen) atoms. The minimum absolute atomic E-state index is 0.236. The number of benzene rings is 1. The second kappa shape index (κ2) is 6.46. The van der Waals surface area contributed by atoms with E-state index < -0.39 is 5.97 Å². The molecule has 0 aliphatic carbocycles. The number of likely N-dealkylation sites (tertiary alicyclic amines) is 1. The Labute approximate surface area is 133 Å². The van der Waals surface area contributed by atoms with Gasteiger partial charge in [0.1, 0.15) is 10.8 Å². The van der Waals surface area contributed by atoms with Crippen LogP contribution in [0.1, 0.15) is 12.1 Å². The lowest BCUT2D eigenvalue weighted by molar-refractivity contribution is -0.141. The summed E-state index contributed by atoms with van der Waals surface area (Å²) in [6.45, 7) is 2.16. The maximum atomic E-state index is 11.0. The van der Waals surface area contributed by atoms with Gasteiger partial charge in [0.05, 0.1) is 18.7 Å². The SMILES string of the molecule is COc1ccc(-c2nc(CN3CCC(C(=O)O)C3)cs2)cc1. The molecule has 0 spiro atoms. The lowest BCUT2D eigenvalue weighted by Gasteiger charge is -2.12. The van der Waals surface area contributed by atoms with E-state index in [-0.39, 0.29) is 5.92 Å². The first kappa shape index (κ1) is 15.0. The van der Waals surface area contributed by atoms with Gasteiger partial charge in [-0.25, -0.2) is 4.98 Å². The van der Waals surface area contributed by atoms with Gasteiger partial charge in [0.25, 0.3) is 0 Å². The van der Waals surface area contributed by atoms with Crippen LogP contribution >= 0.6 is 11.3 Å². The Hall–Kier alpha value is -1.92. The van der Waals surface area contributed by atoms with Crippen molar-refractivity contribution < 1.29 is 14.6 Å². The maximum absolute atomic E-state index is 11.0. The molecule has 116 valence electrons. The van der Waals surface area contributed by atoms with Crippen molar-refractivity contribution in [3.05, 3.63) is 35.3 Å². The Bertz CT molecular complexity index is 654. The molecule has 0 bridgehead atoms. The Morgan fingerprint density at radius 2 is 2.23 bits per heavy atom. The van der Waals surface area contributed by atoms with E-state index in [0.717, 1.165) is 41.5 Å². The van der Waals surface area contributed by atoms with Gasteiger partial charge in [-0.15, -0.1) is 11.3 Å². The van der Waals surface area contributed by atoms with Crippen molar-refractivity contribution >= 4 is 17.3 Å². The number of hydrogen-bond donors (Lipinski definition) is 1. The van der Waals surface area contributed by atoms with Gasteiger partial charge in [0.15, 0.2) is 0 Å². The standard InChI is InChI=1S/C16H18N2O3S/c1-21-14-4-2-11(3-5-14)15-17-13(10-22-15)9-18-7-6-12(8-18)16(19)20/h2-5,10,12H,6-9H2,1H3,(H,19,20). The van der Waals surface area contributed by atoms with Crippen LogP contribution in [0, 0.1) is 5.92 Å². The van der Waals surface area contributed by atoms with Crippen LogP contribution < -0.4 is 4.74 Å². The van der Waals surface area contributed by atoms with E-state index in [2.05, 4.69) is 9.88 Å². The summed E-state index contributed by atoms with van der Waals surface area (Å²) >= 11 is 1.61. The van der Waals surface area contributed by atoms with E-state index in [9.17, 15) is 4.79 Å². The number of ether oxygens (including phenoxy) is 1. The molecule has 6 heteroatoms. The molecule has 5 nitrogen and oxygen atoms in total. The fraction of sp³-hybridized carbons (Fsp3) is 0.375. The summed E-state index contributed by atoms with van der Waals surface area (Å²) in [5.74, 6) is -0.100. The van der Waals surface area contributed by atoms with Gasteiger partial charge < -0.3 is 9.84 Å². The third-order valence-electron chi connectivity index (χ3n) is 3.90. The molecule has 2 aromatic rings. The van der Waals surface area contributed by atoms with Crippen molar-refractivity contribution in [2.24, 2.45) is 5.92 Å². The molecule has 1 fully saturated rings. The Morgan fingerprint density at radius 3 is 2.86 bits per heavy atom. The van der Waals surface area contributed by atoms with Crippen molar-refractivity contribution in [1.29, 1.82) is 0 Å². The highest BCUT2D eigenvalue weighted by atomic mass is 32.1. The largest absolute Gasteiger partial charge is 0.497 e. The number of hydrogen-bond acceptors (Lipinski definition) is 5. The molecule has 2 heterocycles. The average molecular weight is 318 g/mol. The van der Waals surface area contributed by atoms with Gasteiger partial charge in [-0.2, -0.15) is 0 Å². The molecule has 1 aromatic carbocycles. The molecule has 1 N–H and O–H groups in total. The zero-order valence-electron chi connectivity index (χ0n) is 12.4. The van der Waals surface area contributed by atoms with Crippen molar-refractivity contribution in [2.75, 3.05) is 20.2 Å². The summed E-state index contributed by atoms with van der Waals surface area (Å²) < 4.78 is 5.16. The number of carbonyl (C=O) groups is 1. The molecule has 1 aliphatic heterocycles. The van der Waals surface area contributed by atoms with Crippen LogP contribution in [0.4, 0.5) is 0 Å². The minimum atomic E-state index is -0.695. The number of methoxy groups -OCH3 is 1. The predicted octanol–water partition coefficient (Wildman–Crippen LogP) is 2.73. The van der Waals surface area contributed by atoms with E-state index in [1.807, 2.05) is 29.6 Å². The summed E-state index contributed by atoms with van der Waals surface area (Å²) in [7, 11) is 1.65. The van der Waals surface area contributed by atoms with Crippen LogP contribution in [0.25, 0.3) is 10.6 Å². The smallest absolute Gasteiger partial charge is 0.307 e. The van der Waals surface area contributed by atoms with Crippen LogP contribution in [0.3, 0.4) is 0 Å². The first-order valence-electron chi connectivity index (χ1n) is 7.19. The van der Waals surface area contributed by atoms with Crippen molar-refractivity contribution in [3.63, 3.8) is 0 Å². The number of aliphatic carboxylic acids is 1. The van der Waals surface area contributed by atoms with Crippen molar-refractivity contribution in [3.8, 4) is 16.3 Å². The topological polar surface area (TPSA) is 62.7 Å². The molecule has 0 amide bonds. The van der Waals surface area contributed by atoms with Crippen LogP contribution in [-0.2, 0) is 11.3 Å². The molecule has 3 rings (SSSR count).